The summed E-state index contributed by atoms with van der Waals surface area (Å²) in [6, 6.07) is 0. The van der Waals surface area contributed by atoms with Gasteiger partial charge in [-0.1, -0.05) is 39.5 Å². The predicted molar refractivity (Wildman–Crippen MR) is 77.9 cm³/mol. The molecule has 110 valence electrons. The van der Waals surface area contributed by atoms with E-state index in [0.29, 0.717) is 5.92 Å². The van der Waals surface area contributed by atoms with Gasteiger partial charge in [0.1, 0.15) is 6.10 Å². The molecule has 2 rings (SSSR count). The van der Waals surface area contributed by atoms with Gasteiger partial charge in [0.05, 0.1) is 5.92 Å². The molecular formula is C17H30O2. The zero-order valence-electron chi connectivity index (χ0n) is 12.7. The number of unbranched alkanes of at least 4 members (excludes halogenated alkanes) is 2. The summed E-state index contributed by atoms with van der Waals surface area (Å²) in [5.41, 5.74) is 0. The van der Waals surface area contributed by atoms with Crippen molar-refractivity contribution in [2.75, 3.05) is 0 Å². The molecule has 0 amide bonds. The fourth-order valence-electron chi connectivity index (χ4n) is 3.74. The van der Waals surface area contributed by atoms with Gasteiger partial charge in [0.25, 0.3) is 0 Å². The quantitative estimate of drug-likeness (QED) is 0.532. The van der Waals surface area contributed by atoms with Crippen LogP contribution >= 0.6 is 0 Å². The van der Waals surface area contributed by atoms with Gasteiger partial charge in [-0.3, -0.25) is 4.79 Å². The van der Waals surface area contributed by atoms with Gasteiger partial charge in [0, 0.05) is 0 Å². The number of hydrogen-bond acceptors (Lipinski definition) is 2. The van der Waals surface area contributed by atoms with E-state index in [2.05, 4.69) is 13.8 Å². The summed E-state index contributed by atoms with van der Waals surface area (Å²) in [5.74, 6) is 1.81. The minimum atomic E-state index is 0.118. The van der Waals surface area contributed by atoms with Crippen LogP contribution in [0.15, 0.2) is 0 Å². The smallest absolute Gasteiger partial charge is 0.309 e. The Morgan fingerprint density at radius 2 is 1.79 bits per heavy atom. The number of hydrogen-bond donors (Lipinski definition) is 0. The molecule has 2 heteroatoms. The second-order valence-electron chi connectivity index (χ2n) is 6.76. The van der Waals surface area contributed by atoms with E-state index in [0.717, 1.165) is 25.2 Å². The fraction of sp³-hybridized carbons (Fsp3) is 0.941. The van der Waals surface area contributed by atoms with Crippen LogP contribution in [0.3, 0.4) is 0 Å². The Morgan fingerprint density at radius 1 is 1.05 bits per heavy atom. The molecule has 2 atom stereocenters. The van der Waals surface area contributed by atoms with E-state index in [-0.39, 0.29) is 18.0 Å². The lowest BCUT2D eigenvalue weighted by molar-refractivity contribution is -0.164. The van der Waals surface area contributed by atoms with Crippen molar-refractivity contribution >= 4 is 5.97 Å². The van der Waals surface area contributed by atoms with Crippen molar-refractivity contribution in [1.82, 2.24) is 0 Å². The first-order chi connectivity index (χ1) is 9.20. The van der Waals surface area contributed by atoms with Crippen molar-refractivity contribution in [2.45, 2.75) is 84.2 Å². The van der Waals surface area contributed by atoms with E-state index in [4.69, 9.17) is 4.74 Å². The summed E-state index contributed by atoms with van der Waals surface area (Å²) in [6.07, 6.45) is 12.3. The van der Waals surface area contributed by atoms with Gasteiger partial charge < -0.3 is 4.74 Å². The van der Waals surface area contributed by atoms with E-state index in [1.54, 1.807) is 0 Å². The second-order valence-corrected chi connectivity index (χ2v) is 6.76. The van der Waals surface area contributed by atoms with Gasteiger partial charge in [-0.15, -0.1) is 0 Å². The number of ether oxygens (including phenoxy) is 1. The lowest BCUT2D eigenvalue weighted by atomic mass is 9.74. The monoisotopic (exact) mass is 266 g/mol. The molecule has 0 aromatic heterocycles. The van der Waals surface area contributed by atoms with E-state index in [1.807, 2.05) is 0 Å². The molecule has 1 heterocycles. The van der Waals surface area contributed by atoms with Crippen molar-refractivity contribution in [3.8, 4) is 0 Å². The molecule has 0 bridgehead atoms. The largest absolute Gasteiger partial charge is 0.462 e. The lowest BCUT2D eigenvalue weighted by Crippen LogP contribution is -2.36. The zero-order chi connectivity index (χ0) is 13.7. The predicted octanol–water partition coefficient (Wildman–Crippen LogP) is 4.71. The van der Waals surface area contributed by atoms with Crippen LogP contribution in [0, 0.1) is 17.8 Å². The highest BCUT2D eigenvalue weighted by Crippen LogP contribution is 2.38. The summed E-state index contributed by atoms with van der Waals surface area (Å²) in [5, 5.41) is 0. The van der Waals surface area contributed by atoms with Gasteiger partial charge in [0.2, 0.25) is 0 Å². The third-order valence-electron chi connectivity index (χ3n) is 5.14. The van der Waals surface area contributed by atoms with Crippen LogP contribution < -0.4 is 0 Å². The summed E-state index contributed by atoms with van der Waals surface area (Å²) in [6.45, 7) is 4.55. The Labute approximate surface area is 118 Å². The first-order valence-electron chi connectivity index (χ1n) is 8.41. The van der Waals surface area contributed by atoms with Gasteiger partial charge in [-0.25, -0.2) is 0 Å². The molecule has 0 N–H and O–H groups in total. The topological polar surface area (TPSA) is 26.3 Å². The molecule has 0 aromatic carbocycles. The molecule has 1 saturated heterocycles. The average molecular weight is 266 g/mol. The first kappa shape index (κ1) is 14.9. The first-order valence-corrected chi connectivity index (χ1v) is 8.41. The Kier molecular flexibility index (Phi) is 5.72. The molecule has 2 fully saturated rings. The van der Waals surface area contributed by atoms with Gasteiger partial charge in [-0.05, 0) is 50.4 Å². The number of carbonyl (C=O) groups excluding carboxylic acids is 1. The number of esters is 1. The Bertz CT molecular complexity index is 279. The van der Waals surface area contributed by atoms with Crippen LogP contribution in [0.2, 0.25) is 0 Å². The normalized spacial score (nSPS) is 36.0. The third kappa shape index (κ3) is 4.22. The van der Waals surface area contributed by atoms with Crippen LogP contribution in [-0.4, -0.2) is 12.1 Å². The molecular weight excluding hydrogens is 236 g/mol. The molecule has 1 aliphatic carbocycles. The second kappa shape index (κ2) is 7.31. The number of rotatable bonds is 5. The van der Waals surface area contributed by atoms with Crippen molar-refractivity contribution in [3.63, 3.8) is 0 Å². The maximum Gasteiger partial charge on any atom is 0.309 e. The average Bonchev–Trinajstić information content (AvgIpc) is 2.41. The van der Waals surface area contributed by atoms with Crippen molar-refractivity contribution in [3.05, 3.63) is 0 Å². The van der Waals surface area contributed by atoms with Crippen LogP contribution in [0.1, 0.15) is 78.1 Å². The van der Waals surface area contributed by atoms with Crippen LogP contribution in [0.4, 0.5) is 0 Å². The highest BCUT2D eigenvalue weighted by molar-refractivity contribution is 5.73. The van der Waals surface area contributed by atoms with E-state index in [9.17, 15) is 4.79 Å². The fourth-order valence-corrected chi connectivity index (χ4v) is 3.74. The molecule has 2 unspecified atom stereocenters. The van der Waals surface area contributed by atoms with Crippen molar-refractivity contribution in [2.24, 2.45) is 17.8 Å². The summed E-state index contributed by atoms with van der Waals surface area (Å²) in [4.78, 5) is 12.2. The number of cyclic esters (lactones) is 1. The van der Waals surface area contributed by atoms with Crippen LogP contribution in [-0.2, 0) is 9.53 Å². The van der Waals surface area contributed by atoms with Crippen LogP contribution in [0.25, 0.3) is 0 Å². The van der Waals surface area contributed by atoms with Gasteiger partial charge in [0.15, 0.2) is 0 Å². The molecule has 1 aliphatic heterocycles. The van der Waals surface area contributed by atoms with Gasteiger partial charge >= 0.3 is 5.97 Å². The standard InChI is InChI=1S/C17H30O2/c1-3-4-5-6-15-11-12-16(17(18)19-15)14-9-7-13(2)8-10-14/h13-16H,3-12H2,1-2H3. The van der Waals surface area contributed by atoms with E-state index in [1.165, 1.54) is 44.9 Å². The molecule has 0 aromatic rings. The van der Waals surface area contributed by atoms with Gasteiger partial charge in [-0.2, -0.15) is 0 Å². The summed E-state index contributed by atoms with van der Waals surface area (Å²) >= 11 is 0. The Hall–Kier alpha value is -0.530. The SMILES string of the molecule is CCCCCC1CCC(C2CCC(C)CC2)C(=O)O1. The van der Waals surface area contributed by atoms with E-state index < -0.39 is 0 Å². The highest BCUT2D eigenvalue weighted by atomic mass is 16.5. The maximum absolute atomic E-state index is 12.2. The molecule has 0 spiro atoms. The highest BCUT2D eigenvalue weighted by Gasteiger charge is 2.36. The molecule has 2 nitrogen and oxygen atoms in total. The molecule has 2 aliphatic rings. The number of carbonyl (C=O) groups is 1. The summed E-state index contributed by atoms with van der Waals surface area (Å²) in [7, 11) is 0. The zero-order valence-corrected chi connectivity index (χ0v) is 12.7. The van der Waals surface area contributed by atoms with Crippen molar-refractivity contribution < 1.29 is 9.53 Å². The van der Waals surface area contributed by atoms with Crippen molar-refractivity contribution in [1.29, 1.82) is 0 Å². The maximum atomic E-state index is 12.2. The summed E-state index contributed by atoms with van der Waals surface area (Å²) < 4.78 is 5.69. The third-order valence-corrected chi connectivity index (χ3v) is 5.14. The Morgan fingerprint density at radius 3 is 2.42 bits per heavy atom. The molecule has 1 saturated carbocycles. The molecule has 19 heavy (non-hydrogen) atoms. The minimum absolute atomic E-state index is 0.118. The Balaban J connectivity index is 1.75. The molecule has 0 radical (unpaired) electrons. The van der Waals surface area contributed by atoms with E-state index >= 15 is 0 Å². The lowest BCUT2D eigenvalue weighted by Gasteiger charge is -2.36. The minimum Gasteiger partial charge on any atom is -0.462 e. The van der Waals surface area contributed by atoms with Crippen LogP contribution in [0.5, 0.6) is 0 Å².